The van der Waals surface area contributed by atoms with E-state index >= 15 is 0 Å². The number of benzene rings is 1. The molecule has 0 amide bonds. The standard InChI is InChI=1S/C16H13ClN2O/c1-11-15(7-4-8-18-11)20-16-14-6-3-2-5-12(14)9-13(10-17)19-16/h2-9H,10H2,1H3. The van der Waals surface area contributed by atoms with Crippen molar-refractivity contribution in [2.24, 2.45) is 0 Å². The first-order valence-corrected chi connectivity index (χ1v) is 6.85. The first-order chi connectivity index (χ1) is 9.78. The highest BCUT2D eigenvalue weighted by atomic mass is 35.5. The summed E-state index contributed by atoms with van der Waals surface area (Å²) < 4.78 is 5.93. The van der Waals surface area contributed by atoms with E-state index in [9.17, 15) is 0 Å². The van der Waals surface area contributed by atoms with E-state index < -0.39 is 0 Å². The summed E-state index contributed by atoms with van der Waals surface area (Å²) in [6.45, 7) is 1.91. The highest BCUT2D eigenvalue weighted by Crippen LogP contribution is 2.30. The van der Waals surface area contributed by atoms with Gasteiger partial charge in [0.1, 0.15) is 0 Å². The van der Waals surface area contributed by atoms with Gasteiger partial charge in [0.25, 0.3) is 0 Å². The zero-order valence-corrected chi connectivity index (χ0v) is 11.8. The zero-order chi connectivity index (χ0) is 13.9. The molecule has 0 radical (unpaired) electrons. The van der Waals surface area contributed by atoms with Gasteiger partial charge in [-0.05, 0) is 36.6 Å². The molecule has 0 aliphatic rings. The Balaban J connectivity index is 2.13. The van der Waals surface area contributed by atoms with Gasteiger partial charge in [-0.1, -0.05) is 18.2 Å². The van der Waals surface area contributed by atoms with E-state index in [1.165, 1.54) is 0 Å². The lowest BCUT2D eigenvalue weighted by Gasteiger charge is -2.10. The summed E-state index contributed by atoms with van der Waals surface area (Å²) in [4.78, 5) is 8.69. The van der Waals surface area contributed by atoms with Crippen LogP contribution in [0.5, 0.6) is 11.6 Å². The maximum Gasteiger partial charge on any atom is 0.227 e. The molecule has 0 aliphatic heterocycles. The molecule has 0 bridgehead atoms. The van der Waals surface area contributed by atoms with Crippen LogP contribution in [0.3, 0.4) is 0 Å². The van der Waals surface area contributed by atoms with Crippen LogP contribution in [-0.4, -0.2) is 9.97 Å². The maximum absolute atomic E-state index is 5.93. The normalized spacial score (nSPS) is 10.7. The van der Waals surface area contributed by atoms with Crippen LogP contribution in [-0.2, 0) is 5.88 Å². The van der Waals surface area contributed by atoms with Crippen molar-refractivity contribution < 1.29 is 4.74 Å². The fourth-order valence-corrected chi connectivity index (χ4v) is 2.18. The van der Waals surface area contributed by atoms with Crippen molar-refractivity contribution in [2.75, 3.05) is 0 Å². The van der Waals surface area contributed by atoms with E-state index in [1.807, 2.05) is 49.4 Å². The van der Waals surface area contributed by atoms with Gasteiger partial charge >= 0.3 is 0 Å². The van der Waals surface area contributed by atoms with Crippen LogP contribution in [0, 0.1) is 6.92 Å². The van der Waals surface area contributed by atoms with Gasteiger partial charge in [-0.2, -0.15) is 0 Å². The van der Waals surface area contributed by atoms with Gasteiger partial charge in [-0.15, -0.1) is 11.6 Å². The molecule has 2 heterocycles. The zero-order valence-electron chi connectivity index (χ0n) is 11.0. The van der Waals surface area contributed by atoms with E-state index in [1.54, 1.807) is 6.20 Å². The lowest BCUT2D eigenvalue weighted by molar-refractivity contribution is 0.461. The van der Waals surface area contributed by atoms with Crippen molar-refractivity contribution in [3.05, 3.63) is 60.0 Å². The lowest BCUT2D eigenvalue weighted by Crippen LogP contribution is -1.95. The quantitative estimate of drug-likeness (QED) is 0.666. The smallest absolute Gasteiger partial charge is 0.227 e. The number of alkyl halides is 1. The molecule has 1 aromatic carbocycles. The van der Waals surface area contributed by atoms with Crippen LogP contribution < -0.4 is 4.74 Å². The Hall–Kier alpha value is -2.13. The Morgan fingerprint density at radius 1 is 1.15 bits per heavy atom. The molecule has 0 spiro atoms. The van der Waals surface area contributed by atoms with E-state index in [-0.39, 0.29) is 0 Å². The molecule has 3 rings (SSSR count). The molecule has 0 atom stereocenters. The van der Waals surface area contributed by atoms with Crippen molar-refractivity contribution in [1.82, 2.24) is 9.97 Å². The highest BCUT2D eigenvalue weighted by Gasteiger charge is 2.09. The third-order valence-electron chi connectivity index (χ3n) is 3.06. The number of halogens is 1. The minimum Gasteiger partial charge on any atom is -0.436 e. The number of pyridine rings is 2. The van der Waals surface area contributed by atoms with Crippen LogP contribution in [0.15, 0.2) is 48.7 Å². The monoisotopic (exact) mass is 284 g/mol. The summed E-state index contributed by atoms with van der Waals surface area (Å²) >= 11 is 5.90. The van der Waals surface area contributed by atoms with Crippen LogP contribution in [0.2, 0.25) is 0 Å². The topological polar surface area (TPSA) is 35.0 Å². The average Bonchev–Trinajstić information content (AvgIpc) is 2.49. The Bertz CT molecular complexity index is 758. The second-order valence-electron chi connectivity index (χ2n) is 4.46. The van der Waals surface area contributed by atoms with Crippen LogP contribution >= 0.6 is 11.6 Å². The molecule has 0 fully saturated rings. The SMILES string of the molecule is Cc1ncccc1Oc1nc(CCl)cc2ccccc12. The van der Waals surface area contributed by atoms with Gasteiger partial charge in [-0.3, -0.25) is 4.98 Å². The molecule has 2 aromatic heterocycles. The summed E-state index contributed by atoms with van der Waals surface area (Å²) in [5.74, 6) is 1.62. The fourth-order valence-electron chi connectivity index (χ4n) is 2.05. The number of rotatable bonds is 3. The number of ether oxygens (including phenoxy) is 1. The predicted molar refractivity (Wildman–Crippen MR) is 80.3 cm³/mol. The highest BCUT2D eigenvalue weighted by molar-refractivity contribution is 6.17. The molecule has 0 N–H and O–H groups in total. The predicted octanol–water partition coefficient (Wildman–Crippen LogP) is 4.47. The number of fused-ring (bicyclic) bond motifs is 1. The van der Waals surface area contributed by atoms with Crippen molar-refractivity contribution in [3.63, 3.8) is 0 Å². The van der Waals surface area contributed by atoms with Crippen molar-refractivity contribution in [1.29, 1.82) is 0 Å². The van der Waals surface area contributed by atoms with Gasteiger partial charge in [0.05, 0.1) is 17.3 Å². The van der Waals surface area contributed by atoms with Gasteiger partial charge in [-0.25, -0.2) is 4.98 Å². The van der Waals surface area contributed by atoms with Crippen LogP contribution in [0.4, 0.5) is 0 Å². The molecule has 4 heteroatoms. The molecular formula is C16H13ClN2O. The molecular weight excluding hydrogens is 272 g/mol. The van der Waals surface area contributed by atoms with E-state index in [0.717, 1.165) is 22.2 Å². The summed E-state index contributed by atoms with van der Waals surface area (Å²) in [6.07, 6.45) is 1.74. The molecule has 100 valence electrons. The molecule has 0 saturated carbocycles. The second-order valence-corrected chi connectivity index (χ2v) is 4.73. The Morgan fingerprint density at radius 3 is 2.80 bits per heavy atom. The minimum atomic E-state index is 0.354. The number of nitrogens with zero attached hydrogens (tertiary/aromatic N) is 2. The van der Waals surface area contributed by atoms with Gasteiger partial charge in [0.2, 0.25) is 5.88 Å². The van der Waals surface area contributed by atoms with E-state index in [2.05, 4.69) is 9.97 Å². The number of aromatic nitrogens is 2. The van der Waals surface area contributed by atoms with Crippen LogP contribution in [0.25, 0.3) is 10.8 Å². The molecule has 0 saturated heterocycles. The number of aryl methyl sites for hydroxylation is 1. The molecule has 20 heavy (non-hydrogen) atoms. The summed E-state index contributed by atoms with van der Waals surface area (Å²) in [7, 11) is 0. The number of hydrogen-bond donors (Lipinski definition) is 0. The summed E-state index contributed by atoms with van der Waals surface area (Å²) in [5.41, 5.74) is 1.62. The van der Waals surface area contributed by atoms with Gasteiger partial charge in [0.15, 0.2) is 5.75 Å². The Morgan fingerprint density at radius 2 is 2.00 bits per heavy atom. The van der Waals surface area contributed by atoms with Crippen molar-refractivity contribution in [2.45, 2.75) is 12.8 Å². The molecule has 0 unspecified atom stereocenters. The maximum atomic E-state index is 5.93. The number of hydrogen-bond acceptors (Lipinski definition) is 3. The van der Waals surface area contributed by atoms with E-state index in [4.69, 9.17) is 16.3 Å². The first kappa shape index (κ1) is 12.9. The van der Waals surface area contributed by atoms with Crippen molar-refractivity contribution in [3.8, 4) is 11.6 Å². The van der Waals surface area contributed by atoms with Gasteiger partial charge < -0.3 is 4.74 Å². The van der Waals surface area contributed by atoms with Gasteiger partial charge in [0, 0.05) is 11.6 Å². The first-order valence-electron chi connectivity index (χ1n) is 6.32. The third kappa shape index (κ3) is 2.45. The van der Waals surface area contributed by atoms with Crippen LogP contribution in [0.1, 0.15) is 11.4 Å². The summed E-state index contributed by atoms with van der Waals surface area (Å²) in [5, 5.41) is 2.03. The second kappa shape index (κ2) is 5.47. The Labute approximate surface area is 122 Å². The largest absolute Gasteiger partial charge is 0.436 e. The molecule has 3 aromatic rings. The average molecular weight is 285 g/mol. The van der Waals surface area contributed by atoms with Crippen molar-refractivity contribution >= 4 is 22.4 Å². The minimum absolute atomic E-state index is 0.354. The molecule has 0 aliphatic carbocycles. The lowest BCUT2D eigenvalue weighted by atomic mass is 10.1. The summed E-state index contributed by atoms with van der Waals surface area (Å²) in [6, 6.07) is 13.7. The fraction of sp³-hybridized carbons (Fsp3) is 0.125. The molecule has 3 nitrogen and oxygen atoms in total. The Kier molecular flexibility index (Phi) is 3.52. The van der Waals surface area contributed by atoms with E-state index in [0.29, 0.717) is 17.5 Å². The third-order valence-corrected chi connectivity index (χ3v) is 3.33.